The van der Waals surface area contributed by atoms with Crippen LogP contribution in [-0.2, 0) is 19.6 Å². The van der Waals surface area contributed by atoms with Gasteiger partial charge in [-0.15, -0.1) is 0 Å². The molecule has 182 valence electrons. The highest BCUT2D eigenvalue weighted by Gasteiger charge is 2.28. The van der Waals surface area contributed by atoms with Crippen molar-refractivity contribution < 1.29 is 18.0 Å². The van der Waals surface area contributed by atoms with E-state index in [2.05, 4.69) is 10.0 Å². The summed E-state index contributed by atoms with van der Waals surface area (Å²) >= 11 is 0. The molecule has 2 aromatic carbocycles. The lowest BCUT2D eigenvalue weighted by Gasteiger charge is -2.31. The second kappa shape index (κ2) is 10.7. The molecule has 4 rings (SSSR count). The van der Waals surface area contributed by atoms with E-state index in [1.165, 1.54) is 12.5 Å². The van der Waals surface area contributed by atoms with Crippen LogP contribution in [-0.4, -0.2) is 44.3 Å². The number of sulfonamides is 1. The average Bonchev–Trinajstić information content (AvgIpc) is 2.85. The Bertz CT molecular complexity index is 1180. The van der Waals surface area contributed by atoms with Gasteiger partial charge in [-0.25, -0.2) is 13.1 Å². The Kier molecular flexibility index (Phi) is 7.68. The van der Waals surface area contributed by atoms with Gasteiger partial charge in [-0.1, -0.05) is 49.6 Å². The zero-order chi connectivity index (χ0) is 24.1. The lowest BCUT2D eigenvalue weighted by Crippen LogP contribution is -2.46. The van der Waals surface area contributed by atoms with Crippen LogP contribution in [0.3, 0.4) is 0 Å². The quantitative estimate of drug-likeness (QED) is 0.602. The number of fused-ring (bicyclic) bond motifs is 1. The molecule has 1 saturated heterocycles. The van der Waals surface area contributed by atoms with Gasteiger partial charge in [0.1, 0.15) is 0 Å². The fraction of sp³-hybridized carbons (Fsp3) is 0.462. The minimum atomic E-state index is -3.78. The molecule has 1 aliphatic carbocycles. The molecule has 0 bridgehead atoms. The summed E-state index contributed by atoms with van der Waals surface area (Å²) in [6, 6.07) is 10.3. The van der Waals surface area contributed by atoms with Gasteiger partial charge in [0.25, 0.3) is 0 Å². The Balaban J connectivity index is 1.51. The monoisotopic (exact) mass is 483 g/mol. The van der Waals surface area contributed by atoms with Gasteiger partial charge in [-0.05, 0) is 50.8 Å². The van der Waals surface area contributed by atoms with Crippen LogP contribution in [0.15, 0.2) is 53.4 Å². The minimum Gasteiger partial charge on any atom is -0.339 e. The number of nitrogens with zero attached hydrogens (tertiary/aromatic N) is 1. The van der Waals surface area contributed by atoms with Crippen molar-refractivity contribution in [2.75, 3.05) is 18.4 Å². The van der Waals surface area contributed by atoms with Crippen molar-refractivity contribution in [1.29, 1.82) is 0 Å². The SMILES string of the molecule is C/C=C/C(=O)N1CCC(NS(=O)(=O)c2ccc(NC(=O)C3CCCCC3)c3ccccc23)CC1. The number of likely N-dealkylation sites (tertiary alicyclic amines) is 1. The second-order valence-electron chi connectivity index (χ2n) is 9.20. The van der Waals surface area contributed by atoms with E-state index in [4.69, 9.17) is 0 Å². The van der Waals surface area contributed by atoms with Crippen molar-refractivity contribution in [2.45, 2.75) is 62.8 Å². The first kappa shape index (κ1) is 24.4. The molecule has 1 heterocycles. The summed E-state index contributed by atoms with van der Waals surface area (Å²) in [6.45, 7) is 2.84. The highest BCUT2D eigenvalue weighted by atomic mass is 32.2. The molecule has 1 aliphatic heterocycles. The van der Waals surface area contributed by atoms with Crippen molar-refractivity contribution in [1.82, 2.24) is 9.62 Å². The maximum Gasteiger partial charge on any atom is 0.246 e. The summed E-state index contributed by atoms with van der Waals surface area (Å²) in [7, 11) is -3.78. The zero-order valence-electron chi connectivity index (χ0n) is 19.6. The smallest absolute Gasteiger partial charge is 0.246 e. The van der Waals surface area contributed by atoms with E-state index >= 15 is 0 Å². The van der Waals surface area contributed by atoms with Gasteiger partial charge in [0.15, 0.2) is 0 Å². The highest BCUT2D eigenvalue weighted by molar-refractivity contribution is 7.89. The summed E-state index contributed by atoms with van der Waals surface area (Å²) in [5, 5.41) is 4.33. The van der Waals surface area contributed by atoms with Gasteiger partial charge in [0.2, 0.25) is 21.8 Å². The fourth-order valence-electron chi connectivity index (χ4n) is 4.96. The first-order valence-corrected chi connectivity index (χ1v) is 13.6. The number of anilines is 1. The molecule has 8 heteroatoms. The number of rotatable bonds is 6. The standard InChI is InChI=1S/C26H33N3O4S/c1-2-8-25(30)29-17-15-20(16-18-29)28-34(32,33)24-14-13-23(21-11-6-7-12-22(21)24)27-26(31)19-9-4-3-5-10-19/h2,6-8,11-14,19-20,28H,3-5,9-10,15-18H2,1H3,(H,27,31)/b8-2+. The fourth-order valence-corrected chi connectivity index (χ4v) is 6.48. The van der Waals surface area contributed by atoms with Gasteiger partial charge >= 0.3 is 0 Å². The van der Waals surface area contributed by atoms with E-state index in [0.29, 0.717) is 42.4 Å². The van der Waals surface area contributed by atoms with Crippen LogP contribution in [0.1, 0.15) is 51.9 Å². The predicted molar refractivity (Wildman–Crippen MR) is 134 cm³/mol. The Morgan fingerprint density at radius 1 is 0.941 bits per heavy atom. The second-order valence-corrected chi connectivity index (χ2v) is 10.9. The number of nitrogens with one attached hydrogen (secondary N) is 2. The van der Waals surface area contributed by atoms with Gasteiger partial charge in [-0.3, -0.25) is 9.59 Å². The summed E-state index contributed by atoms with van der Waals surface area (Å²) < 4.78 is 29.5. The topological polar surface area (TPSA) is 95.6 Å². The maximum absolute atomic E-state index is 13.3. The number of hydrogen-bond donors (Lipinski definition) is 2. The summed E-state index contributed by atoms with van der Waals surface area (Å²) in [4.78, 5) is 26.8. The van der Waals surface area contributed by atoms with Gasteiger partial charge in [0, 0.05) is 41.5 Å². The lowest BCUT2D eigenvalue weighted by molar-refractivity contribution is -0.127. The molecule has 34 heavy (non-hydrogen) atoms. The molecule has 0 atom stereocenters. The number of carbonyl (C=O) groups excluding carboxylic acids is 2. The molecule has 0 unspecified atom stereocenters. The minimum absolute atomic E-state index is 0.0119. The molecule has 2 N–H and O–H groups in total. The summed E-state index contributed by atoms with van der Waals surface area (Å²) in [5.41, 5.74) is 0.640. The van der Waals surface area contributed by atoms with Crippen molar-refractivity contribution in [3.05, 3.63) is 48.6 Å². The van der Waals surface area contributed by atoms with Crippen LogP contribution in [0.5, 0.6) is 0 Å². The van der Waals surface area contributed by atoms with Gasteiger partial charge in [-0.2, -0.15) is 0 Å². The molecular formula is C26H33N3O4S. The summed E-state index contributed by atoms with van der Waals surface area (Å²) in [6.07, 6.45) is 9.50. The van der Waals surface area contributed by atoms with Crippen molar-refractivity contribution in [3.63, 3.8) is 0 Å². The Hall–Kier alpha value is -2.71. The van der Waals surface area contributed by atoms with E-state index in [1.54, 1.807) is 42.2 Å². The lowest BCUT2D eigenvalue weighted by atomic mass is 9.88. The van der Waals surface area contributed by atoms with E-state index in [0.717, 1.165) is 25.7 Å². The Morgan fingerprint density at radius 2 is 1.62 bits per heavy atom. The zero-order valence-corrected chi connectivity index (χ0v) is 20.4. The molecule has 2 fully saturated rings. The average molecular weight is 484 g/mol. The third-order valence-electron chi connectivity index (χ3n) is 6.85. The molecule has 7 nitrogen and oxygen atoms in total. The normalized spacial score (nSPS) is 18.4. The van der Waals surface area contributed by atoms with Crippen LogP contribution in [0.2, 0.25) is 0 Å². The van der Waals surface area contributed by atoms with E-state index in [-0.39, 0.29) is 28.7 Å². The van der Waals surface area contributed by atoms with Crippen LogP contribution in [0.4, 0.5) is 5.69 Å². The number of hydrogen-bond acceptors (Lipinski definition) is 4. The largest absolute Gasteiger partial charge is 0.339 e. The number of allylic oxidation sites excluding steroid dienone is 1. The molecule has 2 aromatic rings. The van der Waals surface area contributed by atoms with Crippen LogP contribution >= 0.6 is 0 Å². The molecular weight excluding hydrogens is 450 g/mol. The van der Waals surface area contributed by atoms with E-state index in [1.807, 2.05) is 12.1 Å². The van der Waals surface area contributed by atoms with Gasteiger partial charge in [0.05, 0.1) is 4.90 Å². The number of benzene rings is 2. The molecule has 0 radical (unpaired) electrons. The first-order valence-electron chi connectivity index (χ1n) is 12.2. The first-order chi connectivity index (χ1) is 16.4. The maximum atomic E-state index is 13.3. The molecule has 0 spiro atoms. The molecule has 1 saturated carbocycles. The number of amides is 2. The third kappa shape index (κ3) is 5.50. The van der Waals surface area contributed by atoms with Crippen molar-refractivity contribution in [3.8, 4) is 0 Å². The Labute approximate surface area is 201 Å². The number of piperidine rings is 1. The Morgan fingerprint density at radius 3 is 2.29 bits per heavy atom. The number of carbonyl (C=O) groups is 2. The van der Waals surface area contributed by atoms with Crippen molar-refractivity contribution in [2.24, 2.45) is 5.92 Å². The van der Waals surface area contributed by atoms with Crippen LogP contribution in [0.25, 0.3) is 10.8 Å². The highest BCUT2D eigenvalue weighted by Crippen LogP contribution is 2.31. The summed E-state index contributed by atoms with van der Waals surface area (Å²) in [5.74, 6) is -0.0124. The predicted octanol–water partition coefficient (Wildman–Crippen LogP) is 4.20. The molecule has 0 aromatic heterocycles. The van der Waals surface area contributed by atoms with Crippen LogP contribution < -0.4 is 10.0 Å². The van der Waals surface area contributed by atoms with Gasteiger partial charge < -0.3 is 10.2 Å². The van der Waals surface area contributed by atoms with E-state index < -0.39 is 10.0 Å². The molecule has 2 amide bonds. The van der Waals surface area contributed by atoms with E-state index in [9.17, 15) is 18.0 Å². The van der Waals surface area contributed by atoms with Crippen molar-refractivity contribution >= 4 is 38.3 Å². The molecule has 2 aliphatic rings. The third-order valence-corrected chi connectivity index (χ3v) is 8.42. The van der Waals surface area contributed by atoms with Crippen LogP contribution in [0, 0.1) is 5.92 Å².